The summed E-state index contributed by atoms with van der Waals surface area (Å²) in [4.78, 5) is 36.6. The molecule has 234 valence electrons. The number of anilines is 1. The summed E-state index contributed by atoms with van der Waals surface area (Å²) in [5.41, 5.74) is 2.49. The van der Waals surface area contributed by atoms with Gasteiger partial charge in [-0.1, -0.05) is 104 Å². The Hall–Kier alpha value is -3.71. The lowest BCUT2D eigenvalue weighted by molar-refractivity contribution is -0.184. The molecular formula is C38H35Cl2N3O3. The summed E-state index contributed by atoms with van der Waals surface area (Å²) in [5.74, 6) is -1.06. The number of benzene rings is 3. The van der Waals surface area contributed by atoms with Crippen molar-refractivity contribution in [3.05, 3.63) is 130 Å². The molecule has 1 N–H and O–H groups in total. The third-order valence-corrected chi connectivity index (χ3v) is 11.6. The van der Waals surface area contributed by atoms with Gasteiger partial charge in [-0.2, -0.15) is 0 Å². The van der Waals surface area contributed by atoms with Gasteiger partial charge in [0.1, 0.15) is 22.7 Å². The molecule has 3 aliphatic heterocycles. The number of aromatic nitrogens is 1. The van der Waals surface area contributed by atoms with Crippen molar-refractivity contribution < 1.29 is 14.3 Å². The summed E-state index contributed by atoms with van der Waals surface area (Å²) in [6, 6.07) is 28.5. The number of carbonyl (C=O) groups excluding carboxylic acids is 2. The molecule has 5 atom stereocenters. The molecule has 1 aromatic heterocycles. The van der Waals surface area contributed by atoms with E-state index in [2.05, 4.69) is 41.2 Å². The van der Waals surface area contributed by atoms with Crippen molar-refractivity contribution in [3.63, 3.8) is 0 Å². The first-order valence-corrected chi connectivity index (χ1v) is 16.7. The Labute approximate surface area is 279 Å². The number of amides is 1. The van der Waals surface area contributed by atoms with Crippen molar-refractivity contribution in [2.75, 3.05) is 5.32 Å². The van der Waals surface area contributed by atoms with Gasteiger partial charge >= 0.3 is 5.97 Å². The number of halogens is 2. The molecule has 0 bridgehead atoms. The molecule has 8 rings (SSSR count). The average Bonchev–Trinajstić information content (AvgIpc) is 3.48. The molecule has 4 aliphatic rings. The zero-order valence-electron chi connectivity index (χ0n) is 25.8. The van der Waals surface area contributed by atoms with Crippen LogP contribution in [-0.2, 0) is 19.7 Å². The van der Waals surface area contributed by atoms with Crippen LogP contribution in [0.3, 0.4) is 0 Å². The number of pyridine rings is 1. The van der Waals surface area contributed by atoms with Crippen LogP contribution in [0.1, 0.15) is 79.8 Å². The lowest BCUT2D eigenvalue weighted by Crippen LogP contribution is -2.64. The van der Waals surface area contributed by atoms with E-state index in [4.69, 9.17) is 27.9 Å². The Morgan fingerprint density at radius 2 is 1.48 bits per heavy atom. The molecule has 3 fully saturated rings. The van der Waals surface area contributed by atoms with Gasteiger partial charge in [-0.3, -0.25) is 14.5 Å². The molecule has 3 aromatic carbocycles. The van der Waals surface area contributed by atoms with Crippen molar-refractivity contribution in [2.24, 2.45) is 5.41 Å². The van der Waals surface area contributed by atoms with Gasteiger partial charge < -0.3 is 10.1 Å². The largest absolute Gasteiger partial charge is 0.454 e. The fourth-order valence-electron chi connectivity index (χ4n) is 9.24. The van der Waals surface area contributed by atoms with Gasteiger partial charge in [0, 0.05) is 28.4 Å². The second-order valence-corrected chi connectivity index (χ2v) is 14.8. The van der Waals surface area contributed by atoms with Crippen molar-refractivity contribution in [2.45, 2.75) is 74.6 Å². The number of ether oxygens (including phenoxy) is 1. The fourth-order valence-corrected chi connectivity index (χ4v) is 9.60. The minimum atomic E-state index is -1.14. The van der Waals surface area contributed by atoms with Crippen LogP contribution in [0.15, 0.2) is 97.2 Å². The van der Waals surface area contributed by atoms with Crippen LogP contribution >= 0.6 is 23.2 Å². The third-order valence-electron chi connectivity index (χ3n) is 11.2. The first-order valence-electron chi connectivity index (χ1n) is 16.0. The number of nitrogens with zero attached hydrogens (tertiary/aromatic N) is 2. The van der Waals surface area contributed by atoms with Gasteiger partial charge in [-0.05, 0) is 77.6 Å². The van der Waals surface area contributed by atoms with Gasteiger partial charge in [-0.15, -0.1) is 0 Å². The van der Waals surface area contributed by atoms with E-state index in [0.717, 1.165) is 47.9 Å². The minimum Gasteiger partial charge on any atom is -0.454 e. The zero-order valence-corrected chi connectivity index (χ0v) is 27.3. The second-order valence-electron chi connectivity index (χ2n) is 14.0. The summed E-state index contributed by atoms with van der Waals surface area (Å²) < 4.78 is 6.57. The number of nitrogens with one attached hydrogen (secondary N) is 1. The summed E-state index contributed by atoms with van der Waals surface area (Å²) in [7, 11) is 0. The predicted octanol–water partition coefficient (Wildman–Crippen LogP) is 8.42. The maximum atomic E-state index is 15.1. The van der Waals surface area contributed by atoms with E-state index in [9.17, 15) is 4.79 Å². The van der Waals surface area contributed by atoms with Crippen LogP contribution < -0.4 is 5.32 Å². The van der Waals surface area contributed by atoms with Crippen molar-refractivity contribution in [1.29, 1.82) is 0 Å². The maximum Gasteiger partial charge on any atom is 0.324 e. The quantitative estimate of drug-likeness (QED) is 0.178. The molecule has 2 saturated heterocycles. The van der Waals surface area contributed by atoms with Crippen LogP contribution in [0.5, 0.6) is 0 Å². The average molecular weight is 653 g/mol. The highest BCUT2D eigenvalue weighted by Gasteiger charge is 2.78. The summed E-state index contributed by atoms with van der Waals surface area (Å²) in [5, 5.41) is 4.10. The molecule has 0 radical (unpaired) electrons. The number of esters is 1. The molecule has 1 saturated carbocycles. The fraction of sp³-hybridized carbons (Fsp3) is 0.342. The Morgan fingerprint density at radius 3 is 2.15 bits per heavy atom. The number of cyclic esters (lactones) is 1. The van der Waals surface area contributed by atoms with Crippen LogP contribution in [-0.4, -0.2) is 33.3 Å². The van der Waals surface area contributed by atoms with E-state index in [1.807, 2.05) is 78.9 Å². The smallest absolute Gasteiger partial charge is 0.324 e. The summed E-state index contributed by atoms with van der Waals surface area (Å²) in [6.45, 7) is 4.60. The van der Waals surface area contributed by atoms with E-state index in [-0.39, 0.29) is 23.3 Å². The van der Waals surface area contributed by atoms with Gasteiger partial charge in [0.15, 0.2) is 0 Å². The zero-order chi connectivity index (χ0) is 31.8. The second kappa shape index (κ2) is 10.7. The van der Waals surface area contributed by atoms with E-state index >= 15 is 4.79 Å². The van der Waals surface area contributed by atoms with E-state index in [0.29, 0.717) is 15.9 Å². The van der Waals surface area contributed by atoms with Crippen molar-refractivity contribution in [3.8, 4) is 0 Å². The number of rotatable bonds is 3. The van der Waals surface area contributed by atoms with Crippen LogP contribution in [0.2, 0.25) is 10.2 Å². The Kier molecular flexibility index (Phi) is 6.88. The lowest BCUT2D eigenvalue weighted by atomic mass is 9.53. The molecule has 1 aliphatic carbocycles. The molecule has 6 nitrogen and oxygen atoms in total. The molecule has 4 heterocycles. The highest BCUT2D eigenvalue weighted by atomic mass is 35.5. The highest BCUT2D eigenvalue weighted by molar-refractivity contribution is 6.31. The predicted molar refractivity (Wildman–Crippen MR) is 179 cm³/mol. The SMILES string of the molecule is CC1(C)CCC2(CC1)N1[C@H](c3ccccc3)[C@H](c3ccccc3)OC(=O)[C@H]1[C@H](c1ccnc(Cl)c1)[C@@]21C(=O)Nc2cc(Cl)ccc21. The third kappa shape index (κ3) is 4.16. The van der Waals surface area contributed by atoms with Gasteiger partial charge in [-0.25, -0.2) is 4.98 Å². The standard InChI is InChI=1S/C38H35Cl2N3O3/c1-36(2)16-18-37(19-17-36)38(27-14-13-26(39)22-28(27)42-35(38)45)30(25-15-20-41-29(40)21-25)32-34(44)46-33(24-11-7-4-8-12-24)31(43(32)37)23-9-5-3-6-10-23/h3-15,20-22,30-33H,16-19H2,1-2H3,(H,42,45)/t30-,31+,32+,33-,38-/m0/s1. The molecule has 8 heteroatoms. The van der Waals surface area contributed by atoms with E-state index in [1.165, 1.54) is 0 Å². The topological polar surface area (TPSA) is 71.5 Å². The number of carbonyl (C=O) groups is 2. The van der Waals surface area contributed by atoms with Gasteiger partial charge in [0.05, 0.1) is 6.04 Å². The monoisotopic (exact) mass is 651 g/mol. The van der Waals surface area contributed by atoms with Crippen LogP contribution in [0.25, 0.3) is 0 Å². The molecular weight excluding hydrogens is 617 g/mol. The molecule has 0 unspecified atom stereocenters. The number of morpholine rings is 1. The molecule has 46 heavy (non-hydrogen) atoms. The highest BCUT2D eigenvalue weighted by Crippen LogP contribution is 2.70. The van der Waals surface area contributed by atoms with Crippen LogP contribution in [0.4, 0.5) is 5.69 Å². The summed E-state index contributed by atoms with van der Waals surface area (Å²) >= 11 is 13.1. The van der Waals surface area contributed by atoms with Crippen molar-refractivity contribution >= 4 is 40.8 Å². The Bertz CT molecular complexity index is 1840. The normalized spacial score (nSPS) is 29.3. The minimum absolute atomic E-state index is 0.0786. The number of hydrogen-bond acceptors (Lipinski definition) is 5. The Morgan fingerprint density at radius 1 is 0.804 bits per heavy atom. The number of fused-ring (bicyclic) bond motifs is 5. The van der Waals surface area contributed by atoms with Crippen LogP contribution in [0, 0.1) is 5.41 Å². The molecule has 4 aromatic rings. The first-order chi connectivity index (χ1) is 22.2. The molecule has 2 spiro atoms. The summed E-state index contributed by atoms with van der Waals surface area (Å²) in [6.07, 6.45) is 4.31. The molecule has 1 amide bonds. The number of hydrogen-bond donors (Lipinski definition) is 1. The van der Waals surface area contributed by atoms with Crippen molar-refractivity contribution in [1.82, 2.24) is 9.88 Å². The Balaban J connectivity index is 1.48. The van der Waals surface area contributed by atoms with E-state index < -0.39 is 29.0 Å². The first kappa shape index (κ1) is 29.7. The van der Waals surface area contributed by atoms with E-state index in [1.54, 1.807) is 6.20 Å². The van der Waals surface area contributed by atoms with Gasteiger partial charge in [0.25, 0.3) is 0 Å². The lowest BCUT2D eigenvalue weighted by Gasteiger charge is -2.57. The maximum absolute atomic E-state index is 15.1. The van der Waals surface area contributed by atoms with Gasteiger partial charge in [0.2, 0.25) is 5.91 Å².